The molecular formula is C17H20N2O2. The van der Waals surface area contributed by atoms with Gasteiger partial charge in [-0.05, 0) is 55.2 Å². The van der Waals surface area contributed by atoms with Crippen LogP contribution >= 0.6 is 0 Å². The lowest BCUT2D eigenvalue weighted by atomic mass is 10.1. The summed E-state index contributed by atoms with van der Waals surface area (Å²) >= 11 is 0. The zero-order valence-electron chi connectivity index (χ0n) is 12.1. The molecule has 0 aliphatic heterocycles. The van der Waals surface area contributed by atoms with E-state index in [0.717, 1.165) is 23.2 Å². The molecule has 4 nitrogen and oxygen atoms in total. The predicted molar refractivity (Wildman–Crippen MR) is 85.4 cm³/mol. The number of anilines is 2. The number of nitrogen functional groups attached to an aromatic ring is 1. The van der Waals surface area contributed by atoms with E-state index in [9.17, 15) is 4.79 Å². The number of aryl methyl sites for hydroxylation is 1. The minimum absolute atomic E-state index is 0.166. The van der Waals surface area contributed by atoms with E-state index in [1.807, 2.05) is 31.2 Å². The van der Waals surface area contributed by atoms with Crippen LogP contribution in [0.2, 0.25) is 0 Å². The van der Waals surface area contributed by atoms with Gasteiger partial charge in [0, 0.05) is 23.5 Å². The maximum Gasteiger partial charge on any atom is 0.256 e. The van der Waals surface area contributed by atoms with Crippen LogP contribution in [-0.4, -0.2) is 17.6 Å². The van der Waals surface area contributed by atoms with E-state index in [1.54, 1.807) is 18.2 Å². The van der Waals surface area contributed by atoms with E-state index < -0.39 is 0 Å². The average Bonchev–Trinajstić information content (AvgIpc) is 2.48. The van der Waals surface area contributed by atoms with E-state index in [2.05, 4.69) is 5.32 Å². The summed E-state index contributed by atoms with van der Waals surface area (Å²) in [7, 11) is 0. The Balaban J connectivity index is 2.14. The molecule has 0 fully saturated rings. The van der Waals surface area contributed by atoms with Crippen LogP contribution < -0.4 is 11.1 Å². The number of aliphatic hydroxyl groups excluding tert-OH is 1. The minimum Gasteiger partial charge on any atom is -0.398 e. The Labute approximate surface area is 124 Å². The van der Waals surface area contributed by atoms with Crippen LogP contribution in [0, 0.1) is 6.92 Å². The molecule has 0 saturated heterocycles. The summed E-state index contributed by atoms with van der Waals surface area (Å²) in [5.74, 6) is -0.167. The van der Waals surface area contributed by atoms with Gasteiger partial charge in [-0.25, -0.2) is 0 Å². The number of aliphatic hydroxyl groups is 1. The molecule has 0 aromatic heterocycles. The molecule has 2 aromatic rings. The number of nitrogens with one attached hydrogen (secondary N) is 1. The molecule has 0 atom stereocenters. The largest absolute Gasteiger partial charge is 0.398 e. The monoisotopic (exact) mass is 284 g/mol. The number of benzene rings is 2. The number of amides is 1. The minimum atomic E-state index is -0.167. The second-order valence-corrected chi connectivity index (χ2v) is 5.00. The molecule has 0 spiro atoms. The third kappa shape index (κ3) is 3.83. The molecule has 0 heterocycles. The highest BCUT2D eigenvalue weighted by molar-refractivity contribution is 6.06. The molecule has 0 radical (unpaired) electrons. The first kappa shape index (κ1) is 15.1. The fourth-order valence-corrected chi connectivity index (χ4v) is 2.19. The van der Waals surface area contributed by atoms with Crippen molar-refractivity contribution in [3.8, 4) is 0 Å². The summed E-state index contributed by atoms with van der Waals surface area (Å²) in [5.41, 5.74) is 9.64. The van der Waals surface area contributed by atoms with Crippen molar-refractivity contribution in [2.24, 2.45) is 0 Å². The van der Waals surface area contributed by atoms with Crippen molar-refractivity contribution < 1.29 is 9.90 Å². The van der Waals surface area contributed by atoms with E-state index in [1.165, 1.54) is 0 Å². The molecule has 1 amide bonds. The van der Waals surface area contributed by atoms with E-state index in [4.69, 9.17) is 10.8 Å². The molecule has 0 unspecified atom stereocenters. The van der Waals surface area contributed by atoms with Crippen LogP contribution in [0.3, 0.4) is 0 Å². The van der Waals surface area contributed by atoms with Gasteiger partial charge in [0.25, 0.3) is 5.91 Å². The normalized spacial score (nSPS) is 10.4. The van der Waals surface area contributed by atoms with Crippen LogP contribution in [0.15, 0.2) is 42.5 Å². The number of nitrogens with two attached hydrogens (primary N) is 1. The molecule has 2 aromatic carbocycles. The van der Waals surface area contributed by atoms with Crippen LogP contribution in [-0.2, 0) is 6.42 Å². The SMILES string of the molecule is Cc1c(N)cccc1C(=O)Nc1cccc(CCCO)c1. The third-order valence-corrected chi connectivity index (χ3v) is 3.43. The lowest BCUT2D eigenvalue weighted by Crippen LogP contribution is -2.14. The van der Waals surface area contributed by atoms with Crippen molar-refractivity contribution in [2.45, 2.75) is 19.8 Å². The van der Waals surface area contributed by atoms with Gasteiger partial charge in [-0.1, -0.05) is 18.2 Å². The van der Waals surface area contributed by atoms with Gasteiger partial charge in [0.05, 0.1) is 0 Å². The first-order chi connectivity index (χ1) is 10.1. The van der Waals surface area contributed by atoms with E-state index in [-0.39, 0.29) is 12.5 Å². The second kappa shape index (κ2) is 6.90. The summed E-state index contributed by atoms with van der Waals surface area (Å²) in [6.07, 6.45) is 1.50. The summed E-state index contributed by atoms with van der Waals surface area (Å²) in [6.45, 7) is 2.00. The molecule has 0 bridgehead atoms. The number of carbonyl (C=O) groups excluding carboxylic acids is 1. The van der Waals surface area contributed by atoms with Gasteiger partial charge >= 0.3 is 0 Å². The first-order valence-electron chi connectivity index (χ1n) is 6.98. The van der Waals surface area contributed by atoms with Gasteiger partial charge in [-0.15, -0.1) is 0 Å². The quantitative estimate of drug-likeness (QED) is 0.739. The topological polar surface area (TPSA) is 75.4 Å². The zero-order valence-corrected chi connectivity index (χ0v) is 12.1. The van der Waals surface area contributed by atoms with Crippen molar-refractivity contribution in [3.63, 3.8) is 0 Å². The Hall–Kier alpha value is -2.33. The second-order valence-electron chi connectivity index (χ2n) is 5.00. The lowest BCUT2D eigenvalue weighted by molar-refractivity contribution is 0.102. The smallest absolute Gasteiger partial charge is 0.256 e. The van der Waals surface area contributed by atoms with Crippen molar-refractivity contribution in [2.75, 3.05) is 17.7 Å². The van der Waals surface area contributed by atoms with Gasteiger partial charge in [0.2, 0.25) is 0 Å². The maximum atomic E-state index is 12.3. The highest BCUT2D eigenvalue weighted by Crippen LogP contribution is 2.18. The number of hydrogen-bond donors (Lipinski definition) is 3. The highest BCUT2D eigenvalue weighted by Gasteiger charge is 2.10. The number of rotatable bonds is 5. The average molecular weight is 284 g/mol. The summed E-state index contributed by atoms with van der Waals surface area (Å²) in [4.78, 5) is 12.3. The van der Waals surface area contributed by atoms with Crippen molar-refractivity contribution in [3.05, 3.63) is 59.2 Å². The number of carbonyl (C=O) groups is 1. The highest BCUT2D eigenvalue weighted by atomic mass is 16.2. The summed E-state index contributed by atoms with van der Waals surface area (Å²) < 4.78 is 0. The van der Waals surface area contributed by atoms with Crippen LogP contribution in [0.5, 0.6) is 0 Å². The predicted octanol–water partition coefficient (Wildman–Crippen LogP) is 2.75. The van der Waals surface area contributed by atoms with Crippen molar-refractivity contribution in [1.82, 2.24) is 0 Å². The molecule has 21 heavy (non-hydrogen) atoms. The molecule has 0 aliphatic carbocycles. The summed E-state index contributed by atoms with van der Waals surface area (Å²) in [6, 6.07) is 13.0. The van der Waals surface area contributed by atoms with Crippen LogP contribution in [0.1, 0.15) is 27.9 Å². The van der Waals surface area contributed by atoms with E-state index >= 15 is 0 Å². The van der Waals surface area contributed by atoms with Crippen molar-refractivity contribution in [1.29, 1.82) is 0 Å². The zero-order chi connectivity index (χ0) is 15.2. The molecule has 4 N–H and O–H groups in total. The van der Waals surface area contributed by atoms with Crippen LogP contribution in [0.25, 0.3) is 0 Å². The Morgan fingerprint density at radius 1 is 1.24 bits per heavy atom. The van der Waals surface area contributed by atoms with Gasteiger partial charge < -0.3 is 16.2 Å². The standard InChI is InChI=1S/C17H20N2O2/c1-12-15(8-3-9-16(12)18)17(21)19-14-7-2-5-13(11-14)6-4-10-20/h2-3,5,7-9,11,20H,4,6,10,18H2,1H3,(H,19,21). The van der Waals surface area contributed by atoms with Crippen LogP contribution in [0.4, 0.5) is 11.4 Å². The third-order valence-electron chi connectivity index (χ3n) is 3.43. The molecule has 2 rings (SSSR count). The molecule has 0 saturated carbocycles. The Kier molecular flexibility index (Phi) is 4.95. The lowest BCUT2D eigenvalue weighted by Gasteiger charge is -2.10. The van der Waals surface area contributed by atoms with Gasteiger partial charge in [0.1, 0.15) is 0 Å². The van der Waals surface area contributed by atoms with Gasteiger partial charge in [-0.2, -0.15) is 0 Å². The molecule has 110 valence electrons. The fraction of sp³-hybridized carbons (Fsp3) is 0.235. The molecular weight excluding hydrogens is 264 g/mol. The molecule has 0 aliphatic rings. The fourth-order valence-electron chi connectivity index (χ4n) is 2.19. The first-order valence-corrected chi connectivity index (χ1v) is 6.98. The van der Waals surface area contributed by atoms with E-state index in [0.29, 0.717) is 17.7 Å². The number of hydrogen-bond acceptors (Lipinski definition) is 3. The molecule has 4 heteroatoms. The van der Waals surface area contributed by atoms with Crippen molar-refractivity contribution >= 4 is 17.3 Å². The Bertz CT molecular complexity index is 638. The maximum absolute atomic E-state index is 12.3. The van der Waals surface area contributed by atoms with Gasteiger partial charge in [-0.3, -0.25) is 4.79 Å². The van der Waals surface area contributed by atoms with Gasteiger partial charge in [0.15, 0.2) is 0 Å². The summed E-state index contributed by atoms with van der Waals surface area (Å²) in [5, 5.41) is 11.8. The Morgan fingerprint density at radius 2 is 2.00 bits per heavy atom. The Morgan fingerprint density at radius 3 is 2.76 bits per heavy atom.